The quantitative estimate of drug-likeness (QED) is 0.228. The molecule has 92 valence electrons. The first-order chi connectivity index (χ1) is 7.25. The largest absolute Gasteiger partial charge is 1.00 e. The molecule has 0 heterocycles. The molecule has 0 aliphatic heterocycles. The second-order valence-corrected chi connectivity index (χ2v) is 4.22. The predicted octanol–water partition coefficient (Wildman–Crippen LogP) is -7.01. The minimum Gasteiger partial charge on any atom is -0.480 e. The summed E-state index contributed by atoms with van der Waals surface area (Å²) in [5.74, 6) is -1.92. The maximum atomic E-state index is 9.74. The molecule has 0 aromatic carbocycles. The first-order valence-electron chi connectivity index (χ1n) is 3.59. The molecule has 0 fully saturated rings. The van der Waals surface area contributed by atoms with Crippen LogP contribution in [0.15, 0.2) is 0 Å². The van der Waals surface area contributed by atoms with Gasteiger partial charge in [-0.2, -0.15) is 0 Å². The van der Waals surface area contributed by atoms with Crippen molar-refractivity contribution < 1.29 is 57.5 Å². The van der Waals surface area contributed by atoms with Crippen molar-refractivity contribution in [2.24, 2.45) is 0 Å². The van der Waals surface area contributed by atoms with Crippen LogP contribution in [0, 0.1) is 0 Å². The average Bonchev–Trinajstić information content (AvgIpc) is 2.12. The number of aliphatic carboxylic acids is 2. The first kappa shape index (κ1) is 26.8. The molecule has 12 heteroatoms. The molecular weight excluding hydrogens is 306 g/mol. The maximum Gasteiger partial charge on any atom is 1.00 e. The van der Waals surface area contributed by atoms with Crippen molar-refractivity contribution in [3.63, 3.8) is 0 Å². The molecule has 0 aliphatic rings. The van der Waals surface area contributed by atoms with Crippen LogP contribution in [0.1, 0.15) is 0 Å². The van der Waals surface area contributed by atoms with E-state index in [1.165, 1.54) is 0 Å². The fourth-order valence-corrected chi connectivity index (χ4v) is 0.584. The molecule has 0 saturated carbocycles. The third-order valence-corrected chi connectivity index (χ3v) is 1.35. The Morgan fingerprint density at radius 3 is 1.17 bits per heavy atom. The summed E-state index contributed by atoms with van der Waals surface area (Å²) in [6.45, 7) is -0.384. The zero-order valence-electron chi connectivity index (χ0n) is 9.76. The van der Waals surface area contributed by atoms with E-state index in [2.05, 4.69) is 60.3 Å². The molecule has 0 aliphatic carbocycles. The van der Waals surface area contributed by atoms with Gasteiger partial charge in [-0.05, 0) is 0 Å². The van der Waals surface area contributed by atoms with Gasteiger partial charge in [0.1, 0.15) is 13.1 Å². The Morgan fingerprint density at radius 2 is 1.11 bits per heavy atom. The van der Waals surface area contributed by atoms with E-state index < -0.39 is 11.9 Å². The van der Waals surface area contributed by atoms with Crippen LogP contribution in [0.25, 0.3) is 0 Å². The van der Waals surface area contributed by atoms with Crippen molar-refractivity contribution in [1.29, 1.82) is 0 Å². The van der Waals surface area contributed by atoms with Gasteiger partial charge in [0.05, 0.1) is 0 Å². The van der Waals surface area contributed by atoms with Crippen molar-refractivity contribution in [2.75, 3.05) is 13.1 Å². The van der Waals surface area contributed by atoms with Crippen LogP contribution in [0.3, 0.4) is 0 Å². The van der Waals surface area contributed by atoms with Crippen LogP contribution in [0.4, 0.5) is 0 Å². The normalized spacial score (nSPS) is 7.11. The molecule has 0 bridgehead atoms. The number of hydrogen-bond acceptors (Lipinski definition) is 6. The summed E-state index contributed by atoms with van der Waals surface area (Å²) in [7, 11) is 0. The van der Waals surface area contributed by atoms with Gasteiger partial charge in [0, 0.05) is 0 Å². The zero-order valence-corrected chi connectivity index (χ0v) is 13.0. The molecule has 6 nitrogen and oxygen atoms in total. The smallest absolute Gasteiger partial charge is 0.480 e. The third kappa shape index (κ3) is 36.0. The summed E-state index contributed by atoms with van der Waals surface area (Å²) in [4.78, 5) is 19.5. The van der Waals surface area contributed by atoms with E-state index in [1.54, 1.807) is 0 Å². The molecule has 0 spiro atoms. The van der Waals surface area contributed by atoms with Gasteiger partial charge < -0.3 is 70.5 Å². The Kier molecular flexibility index (Phi) is 25.9. The molecule has 0 aromatic heterocycles. The second kappa shape index (κ2) is 17.4. The van der Waals surface area contributed by atoms with Crippen LogP contribution < -0.4 is 48.4 Å². The van der Waals surface area contributed by atoms with Crippen molar-refractivity contribution in [3.8, 4) is 0 Å². The van der Waals surface area contributed by atoms with E-state index in [0.717, 1.165) is 0 Å². The van der Waals surface area contributed by atoms with E-state index in [1.807, 2.05) is 0 Å². The van der Waals surface area contributed by atoms with E-state index in [-0.39, 0.29) is 59.5 Å². The van der Waals surface area contributed by atoms with Crippen LogP contribution in [0.2, 0.25) is 0 Å². The third-order valence-electron chi connectivity index (χ3n) is 0.768. The summed E-state index contributed by atoms with van der Waals surface area (Å²) >= 11 is 17.4. The molecule has 0 rings (SSSR count). The number of carboxylic acids is 2. The van der Waals surface area contributed by atoms with Gasteiger partial charge in [0.15, 0.2) is 0 Å². The predicted molar refractivity (Wildman–Crippen MR) is 71.2 cm³/mol. The molecule has 0 atom stereocenters. The van der Waals surface area contributed by atoms with Crippen molar-refractivity contribution >= 4 is 70.3 Å². The molecule has 4 N–H and O–H groups in total. The number of carboxylic acid groups (broad SMARTS) is 2. The van der Waals surface area contributed by atoms with Gasteiger partial charge in [-0.15, -0.1) is 0 Å². The standard InChI is InChI=1S/2C3H5NO2S2.2Li/c2*5-2(6)1-4-3(7)8;;/h2*1H2,(H,5,6)(H2,4,7,8);;/q;;2*+1/p-2. The molecule has 18 heavy (non-hydrogen) atoms. The minimum atomic E-state index is -0.961. The Balaban J connectivity index is -0.0000000980. The van der Waals surface area contributed by atoms with Crippen LogP contribution in [-0.4, -0.2) is 43.9 Å². The molecular formula is C6H8Li2N2O4S4. The number of rotatable bonds is 4. The summed E-state index contributed by atoms with van der Waals surface area (Å²) in [6.07, 6.45) is 0. The number of carbonyl (C=O) groups is 2. The van der Waals surface area contributed by atoms with Gasteiger partial charge in [-0.25, -0.2) is 0 Å². The molecule has 0 amide bonds. The van der Waals surface area contributed by atoms with Gasteiger partial charge in [0.2, 0.25) is 0 Å². The SMILES string of the molecule is O=C(O)CNC(=S)[S-].O=C(O)CNC(=S)[S-].[Li+].[Li+]. The van der Waals surface area contributed by atoms with E-state index in [4.69, 9.17) is 10.2 Å². The van der Waals surface area contributed by atoms with Crippen LogP contribution >= 0.6 is 24.4 Å². The Labute approximate surface area is 150 Å². The second-order valence-electron chi connectivity index (χ2n) is 2.07. The fraction of sp³-hybridized carbons (Fsp3) is 0.333. The van der Waals surface area contributed by atoms with E-state index in [0.29, 0.717) is 0 Å². The van der Waals surface area contributed by atoms with Gasteiger partial charge in [0.25, 0.3) is 0 Å². The fourth-order valence-electron chi connectivity index (χ4n) is 0.296. The molecule has 0 aromatic rings. The monoisotopic (exact) mass is 314 g/mol. The van der Waals surface area contributed by atoms with Crippen molar-refractivity contribution in [1.82, 2.24) is 10.6 Å². The van der Waals surface area contributed by atoms with E-state index in [9.17, 15) is 9.59 Å². The molecule has 0 unspecified atom stereocenters. The zero-order chi connectivity index (χ0) is 13.1. The summed E-state index contributed by atoms with van der Waals surface area (Å²) in [5, 5.41) is 20.6. The Bertz CT molecular complexity index is 237. The molecule has 0 saturated heterocycles. The topological polar surface area (TPSA) is 98.7 Å². The van der Waals surface area contributed by atoms with E-state index >= 15 is 0 Å². The summed E-state index contributed by atoms with van der Waals surface area (Å²) < 4.78 is 0.180. The van der Waals surface area contributed by atoms with Crippen molar-refractivity contribution in [2.45, 2.75) is 0 Å². The maximum absolute atomic E-state index is 9.74. The summed E-state index contributed by atoms with van der Waals surface area (Å²) in [6, 6.07) is 0. The first-order valence-corrected chi connectivity index (χ1v) is 5.22. The number of nitrogens with one attached hydrogen (secondary N) is 2. The van der Waals surface area contributed by atoms with Gasteiger partial charge >= 0.3 is 49.7 Å². The Morgan fingerprint density at radius 1 is 0.889 bits per heavy atom. The van der Waals surface area contributed by atoms with Crippen LogP contribution in [-0.2, 0) is 34.8 Å². The average molecular weight is 314 g/mol. The number of hydrogen-bond donors (Lipinski definition) is 4. The van der Waals surface area contributed by atoms with Gasteiger partial charge in [-0.1, -0.05) is 8.64 Å². The van der Waals surface area contributed by atoms with Crippen LogP contribution in [0.5, 0.6) is 0 Å². The Hall–Kier alpha value is 0.355. The number of thiocarbonyl (C=S) groups is 2. The molecule has 0 radical (unpaired) electrons. The van der Waals surface area contributed by atoms with Crippen molar-refractivity contribution in [3.05, 3.63) is 0 Å². The van der Waals surface area contributed by atoms with Gasteiger partial charge in [-0.3, -0.25) is 9.59 Å². The summed E-state index contributed by atoms with van der Waals surface area (Å²) in [5.41, 5.74) is 0. The minimum absolute atomic E-state index is 0.